The Labute approximate surface area is 172 Å². The maximum atomic E-state index is 12.1. The number of likely N-dealkylation sites (N-methyl/N-ethyl adjacent to an activating group) is 1. The fourth-order valence-corrected chi connectivity index (χ4v) is 3.15. The molecule has 1 heterocycles. The van der Waals surface area contributed by atoms with Gasteiger partial charge in [-0.1, -0.05) is 12.1 Å². The zero-order valence-corrected chi connectivity index (χ0v) is 17.8. The number of piperidine rings is 1. The number of guanidine groups is 1. The van der Waals surface area contributed by atoms with Gasteiger partial charge in [0.1, 0.15) is 5.75 Å². The fraction of sp³-hybridized carbons (Fsp3) is 0.571. The molecule has 8 nitrogen and oxygen atoms in total. The monoisotopic (exact) mass is 404 g/mol. The van der Waals surface area contributed by atoms with Gasteiger partial charge in [0, 0.05) is 40.8 Å². The number of carbonyl (C=O) groups is 2. The first-order chi connectivity index (χ1) is 13.9. The largest absolute Gasteiger partial charge is 0.484 e. The number of nitrogens with one attached hydrogen (secondary N) is 1. The van der Waals surface area contributed by atoms with Crippen LogP contribution in [-0.2, 0) is 20.9 Å². The number of esters is 1. The number of amides is 1. The summed E-state index contributed by atoms with van der Waals surface area (Å²) in [5.74, 6) is 1.07. The lowest BCUT2D eigenvalue weighted by Gasteiger charge is -2.34. The fourth-order valence-electron chi connectivity index (χ4n) is 3.15. The molecule has 1 aliphatic heterocycles. The maximum Gasteiger partial charge on any atom is 0.310 e. The van der Waals surface area contributed by atoms with Crippen molar-refractivity contribution in [2.75, 3.05) is 47.4 Å². The first-order valence-electron chi connectivity index (χ1n) is 9.98. The third-order valence-electron chi connectivity index (χ3n) is 4.76. The number of rotatable bonds is 7. The Balaban J connectivity index is 1.91. The average Bonchev–Trinajstić information content (AvgIpc) is 2.73. The second-order valence-electron chi connectivity index (χ2n) is 7.16. The Morgan fingerprint density at radius 1 is 1.34 bits per heavy atom. The van der Waals surface area contributed by atoms with Crippen molar-refractivity contribution in [1.82, 2.24) is 15.1 Å². The Bertz CT molecular complexity index is 720. The quantitative estimate of drug-likeness (QED) is 0.421. The molecule has 2 rings (SSSR count). The highest BCUT2D eigenvalue weighted by atomic mass is 16.5. The molecule has 1 unspecified atom stereocenters. The van der Waals surface area contributed by atoms with E-state index in [4.69, 9.17) is 9.47 Å². The van der Waals surface area contributed by atoms with E-state index in [9.17, 15) is 9.59 Å². The van der Waals surface area contributed by atoms with Crippen LogP contribution in [0, 0.1) is 5.92 Å². The summed E-state index contributed by atoms with van der Waals surface area (Å²) in [6.07, 6.45) is 1.77. The van der Waals surface area contributed by atoms with E-state index >= 15 is 0 Å². The summed E-state index contributed by atoms with van der Waals surface area (Å²) in [5, 5.41) is 3.35. The third kappa shape index (κ3) is 6.96. The van der Waals surface area contributed by atoms with Crippen LogP contribution < -0.4 is 10.1 Å². The van der Waals surface area contributed by atoms with Gasteiger partial charge in [-0.2, -0.15) is 0 Å². The van der Waals surface area contributed by atoms with Gasteiger partial charge in [0.2, 0.25) is 0 Å². The number of carbonyl (C=O) groups excluding carboxylic acids is 2. The molecule has 1 N–H and O–H groups in total. The van der Waals surface area contributed by atoms with E-state index < -0.39 is 0 Å². The first-order valence-corrected chi connectivity index (χ1v) is 9.98. The number of hydrogen-bond acceptors (Lipinski definition) is 5. The van der Waals surface area contributed by atoms with Crippen molar-refractivity contribution < 1.29 is 19.1 Å². The predicted octanol–water partition coefficient (Wildman–Crippen LogP) is 1.50. The van der Waals surface area contributed by atoms with E-state index in [2.05, 4.69) is 15.2 Å². The van der Waals surface area contributed by atoms with Crippen LogP contribution in [0.25, 0.3) is 0 Å². The van der Waals surface area contributed by atoms with Gasteiger partial charge in [0.25, 0.3) is 5.91 Å². The Kier molecular flexibility index (Phi) is 8.76. The molecule has 160 valence electrons. The van der Waals surface area contributed by atoms with Crippen molar-refractivity contribution in [3.05, 3.63) is 29.8 Å². The minimum Gasteiger partial charge on any atom is -0.484 e. The van der Waals surface area contributed by atoms with Crippen LogP contribution in [0.15, 0.2) is 29.3 Å². The average molecular weight is 405 g/mol. The van der Waals surface area contributed by atoms with Gasteiger partial charge >= 0.3 is 5.97 Å². The molecule has 1 atom stereocenters. The van der Waals surface area contributed by atoms with Crippen molar-refractivity contribution in [2.24, 2.45) is 10.9 Å². The van der Waals surface area contributed by atoms with Gasteiger partial charge < -0.3 is 24.6 Å². The maximum absolute atomic E-state index is 12.1. The SMILES string of the molecule is CCOC(=O)C1CCCN(C(=NC)NCc2cccc(OCC(=O)N(C)C)c2)C1. The molecule has 0 aromatic heterocycles. The highest BCUT2D eigenvalue weighted by Crippen LogP contribution is 2.18. The zero-order valence-electron chi connectivity index (χ0n) is 17.8. The van der Waals surface area contributed by atoms with Crippen LogP contribution in [0.2, 0.25) is 0 Å². The Morgan fingerprint density at radius 2 is 2.14 bits per heavy atom. The Morgan fingerprint density at radius 3 is 2.83 bits per heavy atom. The lowest BCUT2D eigenvalue weighted by molar-refractivity contribution is -0.149. The molecule has 1 aliphatic rings. The van der Waals surface area contributed by atoms with Gasteiger partial charge in [0.05, 0.1) is 12.5 Å². The van der Waals surface area contributed by atoms with Gasteiger partial charge in [-0.25, -0.2) is 0 Å². The second-order valence-corrected chi connectivity index (χ2v) is 7.16. The van der Waals surface area contributed by atoms with Crippen LogP contribution in [-0.4, -0.2) is 75.1 Å². The van der Waals surface area contributed by atoms with Gasteiger partial charge in [-0.3, -0.25) is 14.6 Å². The molecule has 1 fully saturated rings. The summed E-state index contributed by atoms with van der Waals surface area (Å²) in [7, 11) is 5.14. The van der Waals surface area contributed by atoms with Crippen molar-refractivity contribution >= 4 is 17.8 Å². The van der Waals surface area contributed by atoms with Crippen LogP contribution in [0.1, 0.15) is 25.3 Å². The molecule has 0 spiro atoms. The van der Waals surface area contributed by atoms with Crippen LogP contribution in [0.4, 0.5) is 0 Å². The van der Waals surface area contributed by atoms with Crippen molar-refractivity contribution in [1.29, 1.82) is 0 Å². The number of aliphatic imine (C=N–C) groups is 1. The normalized spacial score (nSPS) is 16.9. The van der Waals surface area contributed by atoms with Gasteiger partial charge in [-0.05, 0) is 37.5 Å². The molecule has 29 heavy (non-hydrogen) atoms. The number of nitrogens with zero attached hydrogens (tertiary/aromatic N) is 3. The second kappa shape index (κ2) is 11.3. The molecule has 0 aliphatic carbocycles. The molecular weight excluding hydrogens is 372 g/mol. The highest BCUT2D eigenvalue weighted by molar-refractivity contribution is 5.81. The van der Waals surface area contributed by atoms with Gasteiger partial charge in [0.15, 0.2) is 12.6 Å². The molecule has 1 aromatic rings. The van der Waals surface area contributed by atoms with E-state index in [0.29, 0.717) is 25.4 Å². The Hall–Kier alpha value is -2.77. The van der Waals surface area contributed by atoms with E-state index in [1.807, 2.05) is 31.2 Å². The molecule has 8 heteroatoms. The number of ether oxygens (including phenoxy) is 2. The molecular formula is C21H32N4O4. The van der Waals surface area contributed by atoms with E-state index in [-0.39, 0.29) is 24.4 Å². The van der Waals surface area contributed by atoms with E-state index in [0.717, 1.165) is 30.9 Å². The molecule has 0 bridgehead atoms. The lowest BCUT2D eigenvalue weighted by Crippen LogP contribution is -2.48. The summed E-state index contributed by atoms with van der Waals surface area (Å²) in [6.45, 7) is 4.26. The van der Waals surface area contributed by atoms with Crippen molar-refractivity contribution in [3.8, 4) is 5.75 Å². The summed E-state index contributed by atoms with van der Waals surface area (Å²) in [6, 6.07) is 7.61. The predicted molar refractivity (Wildman–Crippen MR) is 112 cm³/mol. The van der Waals surface area contributed by atoms with Gasteiger partial charge in [-0.15, -0.1) is 0 Å². The summed E-state index contributed by atoms with van der Waals surface area (Å²) >= 11 is 0. The summed E-state index contributed by atoms with van der Waals surface area (Å²) in [5.41, 5.74) is 1.01. The van der Waals surface area contributed by atoms with Crippen LogP contribution in [0.5, 0.6) is 5.75 Å². The standard InChI is InChI=1S/C21H32N4O4/c1-5-28-20(27)17-9-7-11-25(14-17)21(22-2)23-13-16-8-6-10-18(12-16)29-15-19(26)24(3)4/h6,8,10,12,17H,5,7,9,11,13-15H2,1-4H3,(H,22,23). The number of likely N-dealkylation sites (tertiary alicyclic amines) is 1. The molecule has 1 amide bonds. The van der Waals surface area contributed by atoms with Crippen LogP contribution in [0.3, 0.4) is 0 Å². The minimum atomic E-state index is -0.134. The first kappa shape index (κ1) is 22.5. The molecule has 0 saturated carbocycles. The zero-order chi connectivity index (χ0) is 21.2. The summed E-state index contributed by atoms with van der Waals surface area (Å²) < 4.78 is 10.7. The van der Waals surface area contributed by atoms with E-state index in [1.54, 1.807) is 21.1 Å². The third-order valence-corrected chi connectivity index (χ3v) is 4.76. The minimum absolute atomic E-state index is 0.00851. The lowest BCUT2D eigenvalue weighted by atomic mass is 9.98. The number of hydrogen-bond donors (Lipinski definition) is 1. The smallest absolute Gasteiger partial charge is 0.310 e. The topological polar surface area (TPSA) is 83.5 Å². The van der Waals surface area contributed by atoms with E-state index in [1.165, 1.54) is 4.90 Å². The molecule has 1 saturated heterocycles. The van der Waals surface area contributed by atoms with Crippen molar-refractivity contribution in [2.45, 2.75) is 26.3 Å². The van der Waals surface area contributed by atoms with Crippen molar-refractivity contribution in [3.63, 3.8) is 0 Å². The molecule has 0 radical (unpaired) electrons. The van der Waals surface area contributed by atoms with Crippen LogP contribution >= 0.6 is 0 Å². The number of benzene rings is 1. The highest BCUT2D eigenvalue weighted by Gasteiger charge is 2.28. The molecule has 1 aromatic carbocycles. The summed E-state index contributed by atoms with van der Waals surface area (Å²) in [4.78, 5) is 31.7.